The molecule has 0 saturated carbocycles. The number of nitriles is 1. The maximum Gasteiger partial charge on any atom is 0.131 e. The van der Waals surface area contributed by atoms with Crippen LogP contribution in [0.3, 0.4) is 0 Å². The van der Waals surface area contributed by atoms with E-state index in [4.69, 9.17) is 0 Å². The lowest BCUT2D eigenvalue weighted by molar-refractivity contribution is 0.631. The van der Waals surface area contributed by atoms with Crippen LogP contribution in [0.1, 0.15) is 5.56 Å². The van der Waals surface area contributed by atoms with Crippen LogP contribution in [0, 0.1) is 34.6 Å². The van der Waals surface area contributed by atoms with Crippen molar-refractivity contribution in [1.29, 1.82) is 5.26 Å². The lowest BCUT2D eigenvalue weighted by Crippen LogP contribution is -2.00. The summed E-state index contributed by atoms with van der Waals surface area (Å²) in [6.07, 6.45) is 0. The lowest BCUT2D eigenvalue weighted by Gasteiger charge is -2.15. The van der Waals surface area contributed by atoms with Crippen LogP contribution in [0.25, 0.3) is 99.5 Å². The molecule has 2 aromatic heterocycles. The standard InChI is InChI=1S/C55H31F4N3/c56-48-13-5-1-9-40(48)34-19-23-52-46(27-34)44-21-17-36(42-11-3-7-15-50(42)58)29-54(44)61(52)38-25-33(32-60)26-39(31-38)62-53-24-20-35(41-10-2-6-14-49(41)57)28-47(53)45-22-18-37(30-55(45)62)43-12-4-8-16-51(43)59/h1-31H. The summed E-state index contributed by atoms with van der Waals surface area (Å²) in [7, 11) is 0. The molecule has 294 valence electrons. The number of fused-ring (bicyclic) bond motifs is 6. The summed E-state index contributed by atoms with van der Waals surface area (Å²) in [5, 5.41) is 14.0. The highest BCUT2D eigenvalue weighted by Gasteiger charge is 2.21. The summed E-state index contributed by atoms with van der Waals surface area (Å²) in [5.41, 5.74) is 9.34. The topological polar surface area (TPSA) is 33.6 Å². The molecule has 2 heterocycles. The highest BCUT2D eigenvalue weighted by Crippen LogP contribution is 2.41. The molecular formula is C55H31F4N3. The first kappa shape index (κ1) is 36.8. The molecule has 62 heavy (non-hydrogen) atoms. The van der Waals surface area contributed by atoms with Crippen molar-refractivity contribution in [2.75, 3.05) is 0 Å². The molecule has 11 rings (SSSR count). The number of hydrogen-bond donors (Lipinski definition) is 0. The quantitative estimate of drug-likeness (QED) is 0.154. The molecule has 0 aliphatic rings. The minimum absolute atomic E-state index is 0.339. The molecular weight excluding hydrogens is 779 g/mol. The van der Waals surface area contributed by atoms with Gasteiger partial charge in [0.1, 0.15) is 23.3 Å². The Morgan fingerprint density at radius 1 is 0.323 bits per heavy atom. The van der Waals surface area contributed by atoms with Gasteiger partial charge in [-0.3, -0.25) is 0 Å². The van der Waals surface area contributed by atoms with Crippen molar-refractivity contribution in [2.24, 2.45) is 0 Å². The SMILES string of the molecule is N#Cc1cc(-n2c3ccc(-c4ccccc4F)cc3c3ccc(-c4ccccc4F)cc32)cc(-n2c3ccc(-c4ccccc4F)cc3c3ccc(-c4ccccc4F)cc32)c1. The van der Waals surface area contributed by atoms with Crippen molar-refractivity contribution < 1.29 is 17.6 Å². The van der Waals surface area contributed by atoms with Crippen LogP contribution >= 0.6 is 0 Å². The van der Waals surface area contributed by atoms with Crippen molar-refractivity contribution in [3.63, 3.8) is 0 Å². The van der Waals surface area contributed by atoms with Crippen LogP contribution in [0.2, 0.25) is 0 Å². The molecule has 0 radical (unpaired) electrons. The molecule has 0 spiro atoms. The summed E-state index contributed by atoms with van der Waals surface area (Å²) in [6, 6.07) is 57.7. The second kappa shape index (κ2) is 14.5. The van der Waals surface area contributed by atoms with Crippen molar-refractivity contribution in [3.05, 3.63) is 217 Å². The average Bonchev–Trinajstić information content (AvgIpc) is 3.80. The second-order valence-corrected chi connectivity index (χ2v) is 15.4. The molecule has 7 heteroatoms. The van der Waals surface area contributed by atoms with E-state index in [0.717, 1.165) is 43.6 Å². The summed E-state index contributed by atoms with van der Waals surface area (Å²) in [5.74, 6) is -1.39. The molecule has 0 fully saturated rings. The van der Waals surface area contributed by atoms with Gasteiger partial charge in [0.25, 0.3) is 0 Å². The van der Waals surface area contributed by atoms with Gasteiger partial charge in [-0.15, -0.1) is 0 Å². The normalized spacial score (nSPS) is 11.5. The molecule has 0 N–H and O–H groups in total. The van der Waals surface area contributed by atoms with Gasteiger partial charge < -0.3 is 9.13 Å². The zero-order chi connectivity index (χ0) is 42.1. The van der Waals surface area contributed by atoms with Gasteiger partial charge >= 0.3 is 0 Å². The van der Waals surface area contributed by atoms with Crippen LogP contribution in [0.15, 0.2) is 188 Å². The number of hydrogen-bond acceptors (Lipinski definition) is 1. The molecule has 0 atom stereocenters. The van der Waals surface area contributed by atoms with Gasteiger partial charge in [-0.1, -0.05) is 109 Å². The maximum atomic E-state index is 15.3. The lowest BCUT2D eigenvalue weighted by atomic mass is 10.0. The molecule has 3 nitrogen and oxygen atoms in total. The summed E-state index contributed by atoms with van der Waals surface area (Å²) < 4.78 is 65.1. The van der Waals surface area contributed by atoms with Gasteiger partial charge in [0.2, 0.25) is 0 Å². The molecule has 11 aromatic rings. The Kier molecular flexibility index (Phi) is 8.62. The van der Waals surface area contributed by atoms with Crippen LogP contribution in [-0.4, -0.2) is 9.13 Å². The Morgan fingerprint density at radius 2 is 0.661 bits per heavy atom. The van der Waals surface area contributed by atoms with Gasteiger partial charge in [0.05, 0.1) is 33.7 Å². The summed E-state index contributed by atoms with van der Waals surface area (Å²) >= 11 is 0. The summed E-state index contributed by atoms with van der Waals surface area (Å²) in [4.78, 5) is 0. The fourth-order valence-corrected chi connectivity index (χ4v) is 8.97. The van der Waals surface area contributed by atoms with Crippen LogP contribution in [0.5, 0.6) is 0 Å². The van der Waals surface area contributed by atoms with Crippen molar-refractivity contribution >= 4 is 43.6 Å². The van der Waals surface area contributed by atoms with Crippen molar-refractivity contribution in [2.45, 2.75) is 0 Å². The van der Waals surface area contributed by atoms with Gasteiger partial charge in [-0.25, -0.2) is 17.6 Å². The van der Waals surface area contributed by atoms with Gasteiger partial charge in [0, 0.05) is 55.2 Å². The predicted octanol–water partition coefficient (Wildman–Crippen LogP) is 15.0. The molecule has 0 aliphatic heterocycles. The van der Waals surface area contributed by atoms with E-state index < -0.39 is 0 Å². The minimum Gasteiger partial charge on any atom is -0.309 e. The molecule has 0 aliphatic carbocycles. The fraction of sp³-hybridized carbons (Fsp3) is 0. The van der Waals surface area contributed by atoms with E-state index in [1.54, 1.807) is 72.8 Å². The van der Waals surface area contributed by atoms with E-state index in [0.29, 0.717) is 61.4 Å². The first-order chi connectivity index (χ1) is 30.3. The first-order valence-electron chi connectivity index (χ1n) is 20.1. The van der Waals surface area contributed by atoms with Crippen molar-refractivity contribution in [1.82, 2.24) is 9.13 Å². The van der Waals surface area contributed by atoms with E-state index in [9.17, 15) is 5.26 Å². The smallest absolute Gasteiger partial charge is 0.131 e. The average molecular weight is 810 g/mol. The third-order valence-electron chi connectivity index (χ3n) is 11.8. The van der Waals surface area contributed by atoms with Crippen LogP contribution in [0.4, 0.5) is 17.6 Å². The van der Waals surface area contributed by atoms with Crippen LogP contribution < -0.4 is 0 Å². The van der Waals surface area contributed by atoms with E-state index in [1.165, 1.54) is 24.3 Å². The number of benzene rings is 9. The Hall–Kier alpha value is -8.21. The summed E-state index contributed by atoms with van der Waals surface area (Å²) in [6.45, 7) is 0. The largest absolute Gasteiger partial charge is 0.309 e. The number of halogens is 4. The van der Waals surface area contributed by atoms with Crippen molar-refractivity contribution in [3.8, 4) is 62.0 Å². The zero-order valence-electron chi connectivity index (χ0n) is 32.8. The fourth-order valence-electron chi connectivity index (χ4n) is 8.97. The number of aromatic nitrogens is 2. The molecule has 0 unspecified atom stereocenters. The van der Waals surface area contributed by atoms with E-state index in [2.05, 4.69) is 15.2 Å². The Labute approximate surface area is 353 Å². The third-order valence-corrected chi connectivity index (χ3v) is 11.8. The Bertz CT molecular complexity index is 3430. The highest BCUT2D eigenvalue weighted by atomic mass is 19.1. The second-order valence-electron chi connectivity index (χ2n) is 15.4. The molecule has 9 aromatic carbocycles. The maximum absolute atomic E-state index is 15.3. The Balaban J connectivity index is 1.20. The Morgan fingerprint density at radius 3 is 1.02 bits per heavy atom. The van der Waals surface area contributed by atoms with Gasteiger partial charge in [0.15, 0.2) is 0 Å². The molecule has 0 amide bonds. The van der Waals surface area contributed by atoms with Gasteiger partial charge in [-0.05, 0) is 101 Å². The minimum atomic E-state index is -0.357. The third kappa shape index (κ3) is 5.95. The van der Waals surface area contributed by atoms with E-state index in [-0.39, 0.29) is 23.3 Å². The molecule has 0 saturated heterocycles. The zero-order valence-corrected chi connectivity index (χ0v) is 32.8. The molecule has 0 bridgehead atoms. The van der Waals surface area contributed by atoms with E-state index >= 15 is 17.6 Å². The highest BCUT2D eigenvalue weighted by molar-refractivity contribution is 6.13. The predicted molar refractivity (Wildman–Crippen MR) is 241 cm³/mol. The monoisotopic (exact) mass is 809 g/mol. The number of nitrogens with zero attached hydrogens (tertiary/aromatic N) is 3. The van der Waals surface area contributed by atoms with Crippen LogP contribution in [-0.2, 0) is 0 Å². The van der Waals surface area contributed by atoms with E-state index in [1.807, 2.05) is 91.0 Å². The van der Waals surface area contributed by atoms with Gasteiger partial charge in [-0.2, -0.15) is 5.26 Å². The first-order valence-corrected chi connectivity index (χ1v) is 20.1. The number of rotatable bonds is 6.